The van der Waals surface area contributed by atoms with Gasteiger partial charge in [0.05, 0.1) is 11.5 Å². The van der Waals surface area contributed by atoms with Gasteiger partial charge in [-0.15, -0.1) is 0 Å². The van der Waals surface area contributed by atoms with Crippen LogP contribution in [0, 0.1) is 5.92 Å². The Hall–Kier alpha value is -1.31. The Balaban J connectivity index is 1.60. The summed E-state index contributed by atoms with van der Waals surface area (Å²) in [5.41, 5.74) is 0. The first-order valence-corrected chi connectivity index (χ1v) is 11.8. The molecule has 2 unspecified atom stereocenters. The molecule has 0 aromatic heterocycles. The van der Waals surface area contributed by atoms with E-state index in [0.29, 0.717) is 37.7 Å². The minimum absolute atomic E-state index is 0.126. The average Bonchev–Trinajstić information content (AvgIpc) is 2.96. The Labute approximate surface area is 156 Å². The molecule has 26 heavy (non-hydrogen) atoms. The molecule has 8 heteroatoms. The molecule has 2 N–H and O–H groups in total. The van der Waals surface area contributed by atoms with Crippen LogP contribution in [0.25, 0.3) is 0 Å². The maximum Gasteiger partial charge on any atom is 0.222 e. The molecule has 0 spiro atoms. The number of likely N-dealkylation sites (N-methyl/N-ethyl adjacent to an activating group) is 1. The number of rotatable bonds is 4. The average molecular weight is 385 g/mol. The number of guanidine groups is 1. The molecule has 3 fully saturated rings. The summed E-state index contributed by atoms with van der Waals surface area (Å²) in [5, 5.41) is 7.05. The lowest BCUT2D eigenvalue weighted by molar-refractivity contribution is -0.132. The second kappa shape index (κ2) is 8.59. The number of carbonyl (C=O) groups excluding carboxylic acids is 1. The highest BCUT2D eigenvalue weighted by Gasteiger charge is 2.28. The van der Waals surface area contributed by atoms with Gasteiger partial charge in [-0.05, 0) is 31.6 Å². The smallest absolute Gasteiger partial charge is 0.222 e. The maximum absolute atomic E-state index is 11.7. The van der Waals surface area contributed by atoms with Crippen LogP contribution in [-0.2, 0) is 14.6 Å². The highest BCUT2D eigenvalue weighted by atomic mass is 32.2. The molecule has 2 atom stereocenters. The predicted octanol–water partition coefficient (Wildman–Crippen LogP) is 0.910. The number of carbonyl (C=O) groups is 1. The van der Waals surface area contributed by atoms with Crippen LogP contribution in [0.5, 0.6) is 0 Å². The van der Waals surface area contributed by atoms with Crippen molar-refractivity contribution in [2.24, 2.45) is 10.9 Å². The Bertz CT molecular complexity index is 628. The molecule has 0 aromatic carbocycles. The van der Waals surface area contributed by atoms with Crippen LogP contribution in [0.3, 0.4) is 0 Å². The molecule has 0 bridgehead atoms. The van der Waals surface area contributed by atoms with Crippen molar-refractivity contribution in [3.63, 3.8) is 0 Å². The van der Waals surface area contributed by atoms with Gasteiger partial charge in [-0.2, -0.15) is 0 Å². The van der Waals surface area contributed by atoms with Gasteiger partial charge >= 0.3 is 0 Å². The molecule has 0 radical (unpaired) electrons. The van der Waals surface area contributed by atoms with Crippen LogP contribution in [0.15, 0.2) is 4.99 Å². The number of hydrogen-bond acceptors (Lipinski definition) is 4. The highest BCUT2D eigenvalue weighted by molar-refractivity contribution is 7.91. The van der Waals surface area contributed by atoms with Gasteiger partial charge in [-0.25, -0.2) is 8.42 Å². The van der Waals surface area contributed by atoms with E-state index in [0.717, 1.165) is 25.2 Å². The summed E-state index contributed by atoms with van der Waals surface area (Å²) in [7, 11) is -1.03. The third-order valence-electron chi connectivity index (χ3n) is 5.75. The Morgan fingerprint density at radius 3 is 2.50 bits per heavy atom. The van der Waals surface area contributed by atoms with Crippen molar-refractivity contribution in [3.8, 4) is 0 Å². The molecule has 2 saturated heterocycles. The number of hydrogen-bond donors (Lipinski definition) is 2. The van der Waals surface area contributed by atoms with Crippen molar-refractivity contribution in [2.75, 3.05) is 31.6 Å². The van der Waals surface area contributed by atoms with Crippen LogP contribution in [0.2, 0.25) is 0 Å². The van der Waals surface area contributed by atoms with E-state index < -0.39 is 9.84 Å². The number of amides is 1. The number of piperidine rings is 1. The predicted molar refractivity (Wildman–Crippen MR) is 103 cm³/mol. The molecule has 3 rings (SSSR count). The SMILES string of the molecule is CN1CC(NC(=NCC2CCS(=O)(=O)C2)NC2CCCCC2)CCC1=O. The van der Waals surface area contributed by atoms with Gasteiger partial charge in [0, 0.05) is 38.6 Å². The molecule has 0 aromatic rings. The van der Waals surface area contributed by atoms with Crippen LogP contribution in [0.4, 0.5) is 0 Å². The summed E-state index contributed by atoms with van der Waals surface area (Å²) in [4.78, 5) is 18.2. The molecular weight excluding hydrogens is 352 g/mol. The van der Waals surface area contributed by atoms with Crippen molar-refractivity contribution >= 4 is 21.7 Å². The monoisotopic (exact) mass is 384 g/mol. The molecule has 1 saturated carbocycles. The van der Waals surface area contributed by atoms with E-state index in [2.05, 4.69) is 10.6 Å². The number of aliphatic imine (C=N–C) groups is 1. The summed E-state index contributed by atoms with van der Waals surface area (Å²) in [6, 6.07) is 0.630. The molecule has 2 aliphatic heterocycles. The number of sulfone groups is 1. The third kappa shape index (κ3) is 5.59. The lowest BCUT2D eigenvalue weighted by Gasteiger charge is -2.33. The summed E-state index contributed by atoms with van der Waals surface area (Å²) in [5.74, 6) is 1.66. The van der Waals surface area contributed by atoms with E-state index >= 15 is 0 Å². The van der Waals surface area contributed by atoms with Gasteiger partial charge in [0.1, 0.15) is 0 Å². The normalized spacial score (nSPS) is 30.4. The molecule has 1 aliphatic carbocycles. The number of nitrogens with one attached hydrogen (secondary N) is 2. The largest absolute Gasteiger partial charge is 0.354 e. The van der Waals surface area contributed by atoms with Crippen molar-refractivity contribution in [3.05, 3.63) is 0 Å². The topological polar surface area (TPSA) is 90.9 Å². The fraction of sp³-hybridized carbons (Fsp3) is 0.889. The zero-order valence-corrected chi connectivity index (χ0v) is 16.6. The fourth-order valence-corrected chi connectivity index (χ4v) is 5.98. The molecule has 148 valence electrons. The van der Waals surface area contributed by atoms with E-state index in [-0.39, 0.29) is 23.6 Å². The van der Waals surface area contributed by atoms with Gasteiger partial charge in [-0.3, -0.25) is 9.79 Å². The first-order chi connectivity index (χ1) is 12.4. The van der Waals surface area contributed by atoms with E-state index in [1.54, 1.807) is 4.90 Å². The fourth-order valence-electron chi connectivity index (χ4n) is 4.13. The minimum Gasteiger partial charge on any atom is -0.354 e. The van der Waals surface area contributed by atoms with E-state index in [1.807, 2.05) is 7.05 Å². The van der Waals surface area contributed by atoms with Gasteiger partial charge in [0.2, 0.25) is 5.91 Å². The number of nitrogens with zero attached hydrogens (tertiary/aromatic N) is 2. The molecule has 2 heterocycles. The quantitative estimate of drug-likeness (QED) is 0.555. The molecule has 1 amide bonds. The van der Waals surface area contributed by atoms with Gasteiger partial charge < -0.3 is 15.5 Å². The van der Waals surface area contributed by atoms with Gasteiger partial charge in [-0.1, -0.05) is 19.3 Å². The Morgan fingerprint density at radius 1 is 1.12 bits per heavy atom. The van der Waals surface area contributed by atoms with E-state index in [1.165, 1.54) is 19.3 Å². The van der Waals surface area contributed by atoms with Crippen LogP contribution >= 0.6 is 0 Å². The molecule has 7 nitrogen and oxygen atoms in total. The summed E-state index contributed by atoms with van der Waals surface area (Å²) >= 11 is 0. The van der Waals surface area contributed by atoms with Crippen LogP contribution in [-0.4, -0.2) is 68.9 Å². The third-order valence-corrected chi connectivity index (χ3v) is 7.58. The van der Waals surface area contributed by atoms with Gasteiger partial charge in [0.25, 0.3) is 0 Å². The zero-order chi connectivity index (χ0) is 18.6. The minimum atomic E-state index is -2.87. The molecule has 3 aliphatic rings. The van der Waals surface area contributed by atoms with E-state index in [4.69, 9.17) is 4.99 Å². The summed E-state index contributed by atoms with van der Waals surface area (Å²) < 4.78 is 23.3. The van der Waals surface area contributed by atoms with Gasteiger partial charge in [0.15, 0.2) is 15.8 Å². The Morgan fingerprint density at radius 2 is 1.85 bits per heavy atom. The second-order valence-corrected chi connectivity index (χ2v) is 10.3. The zero-order valence-electron chi connectivity index (χ0n) is 15.7. The number of likely N-dealkylation sites (tertiary alicyclic amines) is 1. The lowest BCUT2D eigenvalue weighted by Crippen LogP contribution is -2.53. The van der Waals surface area contributed by atoms with Crippen molar-refractivity contribution < 1.29 is 13.2 Å². The first-order valence-electron chi connectivity index (χ1n) is 9.93. The van der Waals surface area contributed by atoms with Crippen molar-refractivity contribution in [1.29, 1.82) is 0 Å². The maximum atomic E-state index is 11.7. The summed E-state index contributed by atoms with van der Waals surface area (Å²) in [6.45, 7) is 1.23. The van der Waals surface area contributed by atoms with Crippen LogP contribution < -0.4 is 10.6 Å². The lowest BCUT2D eigenvalue weighted by atomic mass is 9.95. The van der Waals surface area contributed by atoms with E-state index in [9.17, 15) is 13.2 Å². The first kappa shape index (κ1) is 19.5. The molecular formula is C18H32N4O3S. The van der Waals surface area contributed by atoms with Crippen LogP contribution in [0.1, 0.15) is 51.4 Å². The Kier molecular flexibility index (Phi) is 6.42. The second-order valence-electron chi connectivity index (χ2n) is 8.09. The van der Waals surface area contributed by atoms with Crippen molar-refractivity contribution in [1.82, 2.24) is 15.5 Å². The highest BCUT2D eigenvalue weighted by Crippen LogP contribution is 2.20. The van der Waals surface area contributed by atoms with Crippen molar-refractivity contribution in [2.45, 2.75) is 63.5 Å². The summed E-state index contributed by atoms with van der Waals surface area (Å²) in [6.07, 6.45) is 8.18. The standard InChI is InChI=1S/C18H32N4O3S/c1-22-12-16(7-8-17(22)23)21-18(20-15-5-3-2-4-6-15)19-11-14-9-10-26(24,25)13-14/h14-16H,2-13H2,1H3,(H2,19,20,21).